The predicted octanol–water partition coefficient (Wildman–Crippen LogP) is 2.02. The van der Waals surface area contributed by atoms with Crippen molar-refractivity contribution >= 4 is 33.5 Å². The van der Waals surface area contributed by atoms with Crippen molar-refractivity contribution in [2.75, 3.05) is 6.61 Å². The van der Waals surface area contributed by atoms with Gasteiger partial charge >= 0.3 is 5.97 Å². The normalized spacial score (nSPS) is 12.3. The topological polar surface area (TPSA) is 116 Å². The van der Waals surface area contributed by atoms with Gasteiger partial charge in [-0.2, -0.15) is 0 Å². The predicted molar refractivity (Wildman–Crippen MR) is 96.1 cm³/mol. The van der Waals surface area contributed by atoms with Crippen molar-refractivity contribution in [1.82, 2.24) is 5.32 Å². The fraction of sp³-hybridized carbons (Fsp3) is 0.176. The lowest BCUT2D eigenvalue weighted by atomic mass is 10.1. The van der Waals surface area contributed by atoms with Gasteiger partial charge in [0.25, 0.3) is 5.91 Å². The monoisotopic (exact) mass is 396 g/mol. The Morgan fingerprint density at radius 1 is 1.19 bits per heavy atom. The lowest BCUT2D eigenvalue weighted by Crippen LogP contribution is -2.31. The molecule has 0 saturated heterocycles. The molecule has 0 radical (unpaired) electrons. The highest BCUT2D eigenvalue weighted by atomic mass is 35.5. The third kappa shape index (κ3) is 5.55. The highest BCUT2D eigenvalue weighted by Crippen LogP contribution is 2.15. The van der Waals surface area contributed by atoms with Gasteiger partial charge in [-0.3, -0.25) is 4.79 Å². The average Bonchev–Trinajstić information content (AvgIpc) is 2.59. The van der Waals surface area contributed by atoms with Gasteiger partial charge in [0.15, 0.2) is 6.61 Å². The first kappa shape index (κ1) is 19.9. The molecule has 1 amide bonds. The molecule has 3 N–H and O–H groups in total. The molecule has 0 aliphatic carbocycles. The van der Waals surface area contributed by atoms with Gasteiger partial charge in [0, 0.05) is 5.02 Å². The van der Waals surface area contributed by atoms with E-state index in [-0.39, 0.29) is 10.5 Å². The van der Waals surface area contributed by atoms with Gasteiger partial charge < -0.3 is 10.1 Å². The van der Waals surface area contributed by atoms with Crippen molar-refractivity contribution < 1.29 is 22.7 Å². The number of hydrogen-bond donors (Lipinski definition) is 2. The zero-order valence-electron chi connectivity index (χ0n) is 13.8. The van der Waals surface area contributed by atoms with E-state index in [1.54, 1.807) is 31.2 Å². The Morgan fingerprint density at radius 2 is 1.85 bits per heavy atom. The summed E-state index contributed by atoms with van der Waals surface area (Å²) in [6.45, 7) is 1.26. The number of carbonyl (C=O) groups is 2. The van der Waals surface area contributed by atoms with Crippen molar-refractivity contribution in [2.24, 2.45) is 5.14 Å². The summed E-state index contributed by atoms with van der Waals surface area (Å²) in [6, 6.07) is 11.6. The number of amides is 1. The molecule has 9 heteroatoms. The first-order chi connectivity index (χ1) is 12.2. The SMILES string of the molecule is C[C@H](NC(=O)COC(=O)c1cccc(Cl)c1)c1ccc(S(N)(=O)=O)cc1. The lowest BCUT2D eigenvalue weighted by molar-refractivity contribution is -0.124. The van der Waals surface area contributed by atoms with Crippen molar-refractivity contribution in [2.45, 2.75) is 17.9 Å². The van der Waals surface area contributed by atoms with Gasteiger partial charge in [-0.15, -0.1) is 0 Å². The largest absolute Gasteiger partial charge is 0.452 e. The molecule has 0 fully saturated rings. The number of carbonyl (C=O) groups excluding carboxylic acids is 2. The molecule has 2 aromatic rings. The number of halogens is 1. The molecule has 138 valence electrons. The van der Waals surface area contributed by atoms with Gasteiger partial charge in [-0.1, -0.05) is 29.8 Å². The quantitative estimate of drug-likeness (QED) is 0.724. The van der Waals surface area contributed by atoms with E-state index in [4.69, 9.17) is 21.5 Å². The zero-order valence-corrected chi connectivity index (χ0v) is 15.4. The number of sulfonamides is 1. The first-order valence-electron chi connectivity index (χ1n) is 7.51. The maximum atomic E-state index is 11.9. The molecule has 0 unspecified atom stereocenters. The van der Waals surface area contributed by atoms with Gasteiger partial charge in [-0.05, 0) is 42.8 Å². The van der Waals surface area contributed by atoms with E-state index in [0.29, 0.717) is 10.6 Å². The van der Waals surface area contributed by atoms with E-state index >= 15 is 0 Å². The second kappa shape index (κ2) is 8.31. The van der Waals surface area contributed by atoms with Crippen LogP contribution in [0.15, 0.2) is 53.4 Å². The molecular formula is C17H17ClN2O5S. The fourth-order valence-corrected chi connectivity index (χ4v) is 2.85. The molecule has 26 heavy (non-hydrogen) atoms. The summed E-state index contributed by atoms with van der Waals surface area (Å²) < 4.78 is 27.4. The Hall–Kier alpha value is -2.42. The molecule has 0 saturated carbocycles. The maximum absolute atomic E-state index is 11.9. The Bertz CT molecular complexity index is 913. The van der Waals surface area contributed by atoms with E-state index in [1.807, 2.05) is 0 Å². The van der Waals surface area contributed by atoms with E-state index in [1.165, 1.54) is 24.3 Å². The molecule has 0 aliphatic rings. The summed E-state index contributed by atoms with van der Waals surface area (Å²) in [7, 11) is -3.77. The number of primary sulfonamides is 1. The third-order valence-corrected chi connectivity index (χ3v) is 4.65. The number of benzene rings is 2. The highest BCUT2D eigenvalue weighted by Gasteiger charge is 2.14. The van der Waals surface area contributed by atoms with Crippen LogP contribution in [0.5, 0.6) is 0 Å². The van der Waals surface area contributed by atoms with Crippen molar-refractivity contribution in [3.8, 4) is 0 Å². The van der Waals surface area contributed by atoms with Gasteiger partial charge in [0.05, 0.1) is 16.5 Å². The fourth-order valence-electron chi connectivity index (χ4n) is 2.14. The summed E-state index contributed by atoms with van der Waals surface area (Å²) >= 11 is 5.80. The zero-order chi connectivity index (χ0) is 19.3. The highest BCUT2D eigenvalue weighted by molar-refractivity contribution is 7.89. The van der Waals surface area contributed by atoms with E-state index in [2.05, 4.69) is 5.32 Å². The lowest BCUT2D eigenvalue weighted by Gasteiger charge is -2.15. The number of nitrogens with one attached hydrogen (secondary N) is 1. The number of rotatable bonds is 6. The number of ether oxygens (including phenoxy) is 1. The number of nitrogens with two attached hydrogens (primary N) is 1. The van der Waals surface area contributed by atoms with E-state index in [0.717, 1.165) is 0 Å². The minimum atomic E-state index is -3.77. The Morgan fingerprint density at radius 3 is 2.42 bits per heavy atom. The average molecular weight is 397 g/mol. The van der Waals surface area contributed by atoms with Crippen LogP contribution in [0.4, 0.5) is 0 Å². The Balaban J connectivity index is 1.90. The molecule has 2 rings (SSSR count). The summed E-state index contributed by atoms with van der Waals surface area (Å²) in [5, 5.41) is 8.07. The standard InChI is InChI=1S/C17H17ClN2O5S/c1-11(12-5-7-15(8-6-12)26(19,23)24)20-16(21)10-25-17(22)13-3-2-4-14(18)9-13/h2-9,11H,10H2,1H3,(H,20,21)(H2,19,23,24)/t11-/m0/s1. The second-order valence-corrected chi connectivity index (χ2v) is 7.49. The summed E-state index contributed by atoms with van der Waals surface area (Å²) in [5.74, 6) is -1.16. The van der Waals surface area contributed by atoms with Gasteiger partial charge in [0.1, 0.15) is 0 Å². The number of esters is 1. The van der Waals surface area contributed by atoms with Crippen molar-refractivity contribution in [1.29, 1.82) is 0 Å². The van der Waals surface area contributed by atoms with Crippen LogP contribution in [0.2, 0.25) is 5.02 Å². The third-order valence-electron chi connectivity index (χ3n) is 3.48. The minimum Gasteiger partial charge on any atom is -0.452 e. The number of hydrogen-bond acceptors (Lipinski definition) is 5. The maximum Gasteiger partial charge on any atom is 0.338 e. The van der Waals surface area contributed by atoms with Crippen LogP contribution in [0.1, 0.15) is 28.9 Å². The van der Waals surface area contributed by atoms with Crippen LogP contribution in [-0.4, -0.2) is 26.9 Å². The molecular weight excluding hydrogens is 380 g/mol. The molecule has 0 bridgehead atoms. The summed E-state index contributed by atoms with van der Waals surface area (Å²) in [6.07, 6.45) is 0. The van der Waals surface area contributed by atoms with Crippen LogP contribution in [0, 0.1) is 0 Å². The van der Waals surface area contributed by atoms with Crippen LogP contribution in [0.25, 0.3) is 0 Å². The summed E-state index contributed by atoms with van der Waals surface area (Å²) in [5.41, 5.74) is 0.920. The molecule has 2 aromatic carbocycles. The van der Waals surface area contributed by atoms with E-state index in [9.17, 15) is 18.0 Å². The first-order valence-corrected chi connectivity index (χ1v) is 9.44. The van der Waals surface area contributed by atoms with E-state index < -0.39 is 34.5 Å². The second-order valence-electron chi connectivity index (χ2n) is 5.49. The van der Waals surface area contributed by atoms with Gasteiger partial charge in [0.2, 0.25) is 10.0 Å². The van der Waals surface area contributed by atoms with Crippen molar-refractivity contribution in [3.05, 3.63) is 64.7 Å². The molecule has 0 heterocycles. The smallest absolute Gasteiger partial charge is 0.338 e. The molecule has 0 aromatic heterocycles. The molecule has 0 spiro atoms. The Labute approximate surface area is 156 Å². The van der Waals surface area contributed by atoms with Crippen molar-refractivity contribution in [3.63, 3.8) is 0 Å². The summed E-state index contributed by atoms with van der Waals surface area (Å²) in [4.78, 5) is 23.8. The molecule has 1 atom stereocenters. The van der Waals surface area contributed by atoms with Crippen LogP contribution < -0.4 is 10.5 Å². The van der Waals surface area contributed by atoms with Crippen LogP contribution >= 0.6 is 11.6 Å². The molecule has 0 aliphatic heterocycles. The van der Waals surface area contributed by atoms with Gasteiger partial charge in [-0.25, -0.2) is 18.4 Å². The minimum absolute atomic E-state index is 0.0183. The van der Waals surface area contributed by atoms with Crippen LogP contribution in [0.3, 0.4) is 0 Å². The van der Waals surface area contributed by atoms with Crippen LogP contribution in [-0.2, 0) is 19.6 Å². The molecule has 7 nitrogen and oxygen atoms in total. The Kier molecular flexibility index (Phi) is 6.36.